The Morgan fingerprint density at radius 3 is 2.59 bits per heavy atom. The van der Waals surface area contributed by atoms with Crippen LogP contribution >= 0.6 is 11.6 Å². The molecule has 6 heteroatoms. The first-order valence-corrected chi connectivity index (χ1v) is 10.0. The summed E-state index contributed by atoms with van der Waals surface area (Å²) in [4.78, 5) is 29.9. The molecule has 0 unspecified atom stereocenters. The Morgan fingerprint density at radius 2 is 1.83 bits per heavy atom. The molecule has 0 aliphatic rings. The van der Waals surface area contributed by atoms with Crippen molar-refractivity contribution in [3.8, 4) is 0 Å². The highest BCUT2D eigenvalue weighted by atomic mass is 35.5. The molecular formula is C23H22ClNO4. The second kappa shape index (κ2) is 10.0. The van der Waals surface area contributed by atoms with E-state index in [-0.39, 0.29) is 0 Å². The van der Waals surface area contributed by atoms with Crippen molar-refractivity contribution in [1.82, 2.24) is 0 Å². The molecule has 0 radical (unpaired) electrons. The molecule has 5 nitrogen and oxygen atoms in total. The van der Waals surface area contributed by atoms with Crippen LogP contribution in [0.25, 0.3) is 11.0 Å². The summed E-state index contributed by atoms with van der Waals surface area (Å²) in [6.07, 6.45) is 4.52. The number of carbonyl (C=O) groups is 1. The van der Waals surface area contributed by atoms with Crippen LogP contribution in [0.5, 0.6) is 0 Å². The minimum atomic E-state index is -0.613. The largest absolute Gasteiger partial charge is 0.422 e. The van der Waals surface area contributed by atoms with E-state index in [1.807, 2.05) is 12.1 Å². The molecule has 3 rings (SSSR count). The molecule has 3 aromatic rings. The summed E-state index contributed by atoms with van der Waals surface area (Å²) in [5, 5.41) is 5.34. The molecule has 0 spiro atoms. The zero-order valence-corrected chi connectivity index (χ0v) is 16.9. The highest BCUT2D eigenvalue weighted by molar-refractivity contribution is 6.30. The lowest BCUT2D eigenvalue weighted by Gasteiger charge is -2.07. The molecule has 1 heterocycles. The Morgan fingerprint density at radius 1 is 1.07 bits per heavy atom. The van der Waals surface area contributed by atoms with Crippen molar-refractivity contribution in [3.05, 3.63) is 81.2 Å². The Balaban J connectivity index is 1.88. The number of rotatable bonds is 8. The molecule has 29 heavy (non-hydrogen) atoms. The lowest BCUT2D eigenvalue weighted by atomic mass is 10.0. The lowest BCUT2D eigenvalue weighted by molar-refractivity contribution is 0.0515. The van der Waals surface area contributed by atoms with Crippen LogP contribution in [-0.4, -0.2) is 11.7 Å². The van der Waals surface area contributed by atoms with Crippen molar-refractivity contribution in [2.75, 3.05) is 0 Å². The van der Waals surface area contributed by atoms with Gasteiger partial charge in [0.15, 0.2) is 0 Å². The van der Waals surface area contributed by atoms with Crippen LogP contribution in [0.3, 0.4) is 0 Å². The van der Waals surface area contributed by atoms with E-state index in [4.69, 9.17) is 20.9 Å². The van der Waals surface area contributed by atoms with Gasteiger partial charge in [0.05, 0.1) is 16.8 Å². The number of fused-ring (bicyclic) bond motifs is 1. The number of hydrogen-bond acceptors (Lipinski definition) is 5. The quantitative estimate of drug-likeness (QED) is 0.150. The average molecular weight is 412 g/mol. The van der Waals surface area contributed by atoms with Gasteiger partial charge < -0.3 is 9.25 Å². The van der Waals surface area contributed by atoms with Crippen molar-refractivity contribution in [1.29, 1.82) is 0 Å². The first-order valence-electron chi connectivity index (χ1n) is 9.65. The molecule has 1 aromatic heterocycles. The third-order valence-corrected chi connectivity index (χ3v) is 4.79. The van der Waals surface area contributed by atoms with Gasteiger partial charge in [-0.3, -0.25) is 0 Å². The number of carbonyl (C=O) groups excluding carboxylic acids is 1. The van der Waals surface area contributed by atoms with Crippen LogP contribution in [0.15, 0.2) is 69.0 Å². The summed E-state index contributed by atoms with van der Waals surface area (Å²) in [6, 6.07) is 15.3. The van der Waals surface area contributed by atoms with Gasteiger partial charge in [0.25, 0.3) is 0 Å². The summed E-state index contributed by atoms with van der Waals surface area (Å²) in [5.74, 6) is -0.613. The fourth-order valence-electron chi connectivity index (χ4n) is 2.95. The molecular weight excluding hydrogens is 390 g/mol. The smallest absolute Gasteiger partial charge is 0.365 e. The second-order valence-electron chi connectivity index (χ2n) is 6.72. The van der Waals surface area contributed by atoms with Gasteiger partial charge in [-0.2, -0.15) is 0 Å². The summed E-state index contributed by atoms with van der Waals surface area (Å²) in [5.41, 5.74) is 1.05. The normalized spacial score (nSPS) is 11.6. The van der Waals surface area contributed by atoms with Crippen LogP contribution in [-0.2, 0) is 4.84 Å². The van der Waals surface area contributed by atoms with Crippen molar-refractivity contribution >= 4 is 34.3 Å². The van der Waals surface area contributed by atoms with E-state index in [2.05, 4.69) is 12.1 Å². The Kier molecular flexibility index (Phi) is 7.19. The second-order valence-corrected chi connectivity index (χ2v) is 7.16. The molecule has 0 saturated carbocycles. The van der Waals surface area contributed by atoms with Gasteiger partial charge in [-0.25, -0.2) is 9.59 Å². The average Bonchev–Trinajstić information content (AvgIpc) is 2.73. The molecule has 2 aromatic carbocycles. The third-order valence-electron chi connectivity index (χ3n) is 4.54. The van der Waals surface area contributed by atoms with Gasteiger partial charge in [0.2, 0.25) is 0 Å². The Hall–Kier alpha value is -2.92. The molecule has 0 aliphatic heterocycles. The predicted octanol–water partition coefficient (Wildman–Crippen LogP) is 5.98. The predicted molar refractivity (Wildman–Crippen MR) is 115 cm³/mol. The van der Waals surface area contributed by atoms with E-state index in [1.54, 1.807) is 42.5 Å². The minimum absolute atomic E-state index is 0.309. The van der Waals surface area contributed by atoms with Crippen LogP contribution in [0.1, 0.15) is 54.9 Å². The minimum Gasteiger partial charge on any atom is -0.422 e. The fraction of sp³-hybridized carbons (Fsp3) is 0.261. The van der Waals surface area contributed by atoms with E-state index in [0.29, 0.717) is 33.9 Å². The topological polar surface area (TPSA) is 68.9 Å². The monoisotopic (exact) mass is 411 g/mol. The zero-order chi connectivity index (χ0) is 20.6. The maximum Gasteiger partial charge on any atom is 0.365 e. The van der Waals surface area contributed by atoms with Crippen LogP contribution < -0.4 is 5.63 Å². The van der Waals surface area contributed by atoms with Gasteiger partial charge in [-0.1, -0.05) is 61.1 Å². The highest BCUT2D eigenvalue weighted by Gasteiger charge is 2.15. The Bertz CT molecular complexity index is 1070. The lowest BCUT2D eigenvalue weighted by Crippen LogP contribution is -2.16. The number of para-hydroxylation sites is 1. The molecule has 0 atom stereocenters. The van der Waals surface area contributed by atoms with E-state index in [1.165, 1.54) is 0 Å². The molecule has 0 N–H and O–H groups in total. The molecule has 0 saturated heterocycles. The van der Waals surface area contributed by atoms with Crippen LogP contribution in [0.2, 0.25) is 5.02 Å². The maximum absolute atomic E-state index is 12.5. The summed E-state index contributed by atoms with van der Waals surface area (Å²) < 4.78 is 5.41. The van der Waals surface area contributed by atoms with Crippen molar-refractivity contribution in [2.45, 2.75) is 39.0 Å². The van der Waals surface area contributed by atoms with Gasteiger partial charge in [0, 0.05) is 10.4 Å². The number of hydrogen-bond donors (Lipinski definition) is 0. The van der Waals surface area contributed by atoms with Crippen LogP contribution in [0.4, 0.5) is 0 Å². The van der Waals surface area contributed by atoms with Crippen molar-refractivity contribution in [2.24, 2.45) is 5.16 Å². The number of unbranched alkanes of at least 4 members (excludes halogenated alkanes) is 3. The van der Waals surface area contributed by atoms with E-state index in [0.717, 1.165) is 31.1 Å². The molecule has 150 valence electrons. The standard InChI is InChI=1S/C23H22ClNO4/c1-2-3-4-5-9-20(25-29-22(26)16-11-13-18(24)14-12-16)19-15-17-8-6-7-10-21(17)28-23(19)27/h6-8,10-15H,2-5,9H2,1H3/b25-20+. The van der Waals surface area contributed by atoms with Gasteiger partial charge in [0.1, 0.15) is 5.58 Å². The van der Waals surface area contributed by atoms with Gasteiger partial charge in [-0.15, -0.1) is 0 Å². The molecule has 0 amide bonds. The summed E-state index contributed by atoms with van der Waals surface area (Å²) in [7, 11) is 0. The van der Waals surface area contributed by atoms with Gasteiger partial charge >= 0.3 is 11.6 Å². The van der Waals surface area contributed by atoms with Crippen LogP contribution in [0, 0.1) is 0 Å². The SMILES string of the molecule is CCCCCC/C(=N\OC(=O)c1ccc(Cl)cc1)c1cc2ccccc2oc1=O. The van der Waals surface area contributed by atoms with Gasteiger partial charge in [-0.05, 0) is 49.2 Å². The number of benzene rings is 2. The summed E-state index contributed by atoms with van der Waals surface area (Å²) in [6.45, 7) is 2.13. The van der Waals surface area contributed by atoms with Crippen molar-refractivity contribution < 1.29 is 14.0 Å². The van der Waals surface area contributed by atoms with E-state index < -0.39 is 11.6 Å². The van der Waals surface area contributed by atoms with Crippen molar-refractivity contribution in [3.63, 3.8) is 0 Å². The molecule has 0 aliphatic carbocycles. The molecule has 0 bridgehead atoms. The number of nitrogens with zero attached hydrogens (tertiary/aromatic N) is 1. The van der Waals surface area contributed by atoms with E-state index in [9.17, 15) is 9.59 Å². The Labute approximate surface area is 173 Å². The summed E-state index contributed by atoms with van der Waals surface area (Å²) >= 11 is 5.85. The maximum atomic E-state index is 12.5. The first-order chi connectivity index (χ1) is 14.1. The molecule has 0 fully saturated rings. The number of oxime groups is 1. The first kappa shape index (κ1) is 20.8. The third kappa shape index (κ3) is 5.55. The number of halogens is 1. The fourth-order valence-corrected chi connectivity index (χ4v) is 3.07. The highest BCUT2D eigenvalue weighted by Crippen LogP contribution is 2.16. The zero-order valence-electron chi connectivity index (χ0n) is 16.2. The van der Waals surface area contributed by atoms with E-state index >= 15 is 0 Å².